The average Bonchev–Trinajstić information content (AvgIpc) is 3.59. The smallest absolute Gasteiger partial charge is 0.239 e. The van der Waals surface area contributed by atoms with Gasteiger partial charge in [-0.05, 0) is 73.9 Å². The molecule has 3 aromatic carbocycles. The third kappa shape index (κ3) is 14.3. The van der Waals surface area contributed by atoms with Crippen LogP contribution in [0.3, 0.4) is 0 Å². The number of para-hydroxylation sites is 1. The Morgan fingerprint density at radius 1 is 0.754 bits per heavy atom. The first kappa shape index (κ1) is 51.8. The van der Waals surface area contributed by atoms with Gasteiger partial charge in [0.25, 0.3) is 0 Å². The fourth-order valence-electron chi connectivity index (χ4n) is 7.04. The maximum absolute atomic E-state index is 13.5. The Morgan fingerprint density at radius 3 is 1.72 bits per heavy atom. The van der Waals surface area contributed by atoms with E-state index in [2.05, 4.69) is 39.0 Å². The van der Waals surface area contributed by atoms with Crippen LogP contribution in [-0.2, 0) is 19.6 Å². The number of nitrogens with one attached hydrogen (secondary N) is 2. The number of hydrogen-bond donors (Lipinski definition) is 6. The molecule has 4 atom stereocenters. The molecule has 65 heavy (non-hydrogen) atoms. The summed E-state index contributed by atoms with van der Waals surface area (Å²) >= 11 is 0. The normalized spacial score (nSPS) is 13.8. The third-order valence-electron chi connectivity index (χ3n) is 10.4. The highest BCUT2D eigenvalue weighted by molar-refractivity contribution is 7.92. The zero-order valence-electron chi connectivity index (χ0n) is 37.9. The minimum atomic E-state index is -3.64. The molecule has 0 aliphatic rings. The van der Waals surface area contributed by atoms with E-state index in [1.54, 1.807) is 24.3 Å². The van der Waals surface area contributed by atoms with Gasteiger partial charge < -0.3 is 35.6 Å². The van der Waals surface area contributed by atoms with E-state index in [9.17, 15) is 47.2 Å². The number of halogens is 2. The first-order chi connectivity index (χ1) is 30.6. The van der Waals surface area contributed by atoms with Crippen LogP contribution in [0.5, 0.6) is 0 Å². The molecule has 2 aromatic heterocycles. The topological polar surface area (TPSA) is 207 Å². The number of aliphatic hydroxyl groups is 4. The lowest BCUT2D eigenvalue weighted by atomic mass is 9.97. The van der Waals surface area contributed by atoms with Crippen LogP contribution in [0.25, 0.3) is 45.4 Å². The van der Waals surface area contributed by atoms with Crippen LogP contribution >= 0.6 is 0 Å². The average molecular weight is 919 g/mol. The number of benzene rings is 3. The molecule has 17 heteroatoms. The van der Waals surface area contributed by atoms with Crippen LogP contribution in [-0.4, -0.2) is 107 Å². The summed E-state index contributed by atoms with van der Waals surface area (Å²) in [5.74, 6) is -1.54. The maximum atomic E-state index is 13.5. The number of carbonyl (C=O) groups excluding carboxylic acids is 2. The first-order valence-electron chi connectivity index (χ1n) is 21.1. The molecule has 5 aromatic rings. The molecule has 0 radical (unpaired) electrons. The fourth-order valence-corrected chi connectivity index (χ4v) is 7.42. The minimum absolute atomic E-state index is 0.0378. The summed E-state index contributed by atoms with van der Waals surface area (Å²) in [6, 6.07) is 20.1. The van der Waals surface area contributed by atoms with Gasteiger partial charge in [-0.1, -0.05) is 62.4 Å². The molecule has 0 spiro atoms. The summed E-state index contributed by atoms with van der Waals surface area (Å²) in [4.78, 5) is 31.8. The molecule has 350 valence electrons. The standard InChI is InChI=1S/C25H29FN2O3.C23H31FN4O5S/c1-16(2)28-22-7-5-4-6-21(22)25(17-8-10-18(26)11-9-17)23(28)13-12-19(29)14-20(30)15-24(31)27-3;1-14(2)21-19(11-10-17(29)12-18(30)13-20(31)25-3)22(15-6-8-16(24)9-7-15)27-23(26-21)28(4)34(5,32)33/h4-13,16,19-20,29-30H,14-15H2,1-3H3,(H,27,31);6-11,14,17-18,29-30H,12-13H2,1-5H3,(H,25,31)/b13-12+;11-10+/t19-,20-;17-,18-/m11/s1. The summed E-state index contributed by atoms with van der Waals surface area (Å²) in [5, 5.41) is 46.8. The van der Waals surface area contributed by atoms with Crippen LogP contribution in [0.2, 0.25) is 0 Å². The lowest BCUT2D eigenvalue weighted by Crippen LogP contribution is -2.27. The molecule has 5 rings (SSSR count). The van der Waals surface area contributed by atoms with Crippen LogP contribution in [0, 0.1) is 11.6 Å². The highest BCUT2D eigenvalue weighted by Gasteiger charge is 2.24. The molecule has 0 aliphatic carbocycles. The molecule has 6 N–H and O–H groups in total. The Balaban J connectivity index is 0.000000286. The number of rotatable bonds is 18. The Hall–Kier alpha value is -5.85. The molecule has 0 saturated carbocycles. The Morgan fingerprint density at radius 2 is 1.25 bits per heavy atom. The van der Waals surface area contributed by atoms with Crippen LogP contribution < -0.4 is 14.9 Å². The molecule has 0 unspecified atom stereocenters. The number of carbonyl (C=O) groups is 2. The van der Waals surface area contributed by atoms with E-state index in [0.717, 1.165) is 38.3 Å². The van der Waals surface area contributed by atoms with E-state index < -0.39 is 40.3 Å². The van der Waals surface area contributed by atoms with Gasteiger partial charge in [-0.3, -0.25) is 9.59 Å². The molecular formula is C48H60F2N6O8S. The molecule has 0 aliphatic heterocycles. The highest BCUT2D eigenvalue weighted by atomic mass is 32.2. The number of sulfonamides is 1. The molecule has 14 nitrogen and oxygen atoms in total. The van der Waals surface area contributed by atoms with Crippen molar-refractivity contribution in [3.05, 3.63) is 114 Å². The number of fused-ring (bicyclic) bond motifs is 1. The van der Waals surface area contributed by atoms with Crippen molar-refractivity contribution in [3.63, 3.8) is 0 Å². The van der Waals surface area contributed by atoms with E-state index in [4.69, 9.17) is 0 Å². The highest BCUT2D eigenvalue weighted by Crippen LogP contribution is 2.38. The van der Waals surface area contributed by atoms with Gasteiger partial charge in [0, 0.05) is 73.3 Å². The van der Waals surface area contributed by atoms with Crippen LogP contribution in [0.4, 0.5) is 14.7 Å². The summed E-state index contributed by atoms with van der Waals surface area (Å²) in [7, 11) is 0.671. The van der Waals surface area contributed by atoms with Gasteiger partial charge in [-0.15, -0.1) is 0 Å². The van der Waals surface area contributed by atoms with Crippen molar-refractivity contribution in [2.24, 2.45) is 0 Å². The Labute approximate surface area is 379 Å². The minimum Gasteiger partial charge on any atom is -0.392 e. The summed E-state index contributed by atoms with van der Waals surface area (Å²) in [6.07, 6.45) is 3.37. The lowest BCUT2D eigenvalue weighted by molar-refractivity contribution is -0.123. The van der Waals surface area contributed by atoms with Crippen LogP contribution in [0.15, 0.2) is 84.9 Å². The van der Waals surface area contributed by atoms with Crippen molar-refractivity contribution < 1.29 is 47.2 Å². The van der Waals surface area contributed by atoms with Crippen molar-refractivity contribution in [1.29, 1.82) is 0 Å². The van der Waals surface area contributed by atoms with Crippen molar-refractivity contribution in [3.8, 4) is 22.4 Å². The summed E-state index contributed by atoms with van der Waals surface area (Å²) in [5.41, 5.74) is 5.71. The number of anilines is 1. The summed E-state index contributed by atoms with van der Waals surface area (Å²) in [6.45, 7) is 7.92. The monoisotopic (exact) mass is 918 g/mol. The SMILES string of the molecule is CNC(=O)C[C@H](O)C[C@H](O)/C=C/c1c(-c2ccc(F)cc2)c2ccccc2n1C(C)C.CNC(=O)C[C@H](O)C[C@H](O)/C=C/c1c(-c2ccc(F)cc2)nc(N(C)S(C)(=O)=O)nc1C(C)C. The van der Waals surface area contributed by atoms with E-state index in [-0.39, 0.29) is 61.2 Å². The fraction of sp³-hybridized carbons (Fsp3) is 0.375. The second kappa shape index (κ2) is 23.4. The summed E-state index contributed by atoms with van der Waals surface area (Å²) < 4.78 is 54.4. The van der Waals surface area contributed by atoms with E-state index in [1.807, 2.05) is 44.2 Å². The molecule has 0 saturated heterocycles. The molecule has 2 heterocycles. The Bertz CT molecular complexity index is 2560. The third-order valence-corrected chi connectivity index (χ3v) is 11.6. The van der Waals surface area contributed by atoms with E-state index in [0.29, 0.717) is 22.5 Å². The number of nitrogens with zero attached hydrogens (tertiary/aromatic N) is 4. The van der Waals surface area contributed by atoms with Gasteiger partial charge in [0.2, 0.25) is 27.8 Å². The zero-order chi connectivity index (χ0) is 48.2. The predicted molar refractivity (Wildman–Crippen MR) is 251 cm³/mol. The van der Waals surface area contributed by atoms with Gasteiger partial charge in [0.05, 0.1) is 54.9 Å². The van der Waals surface area contributed by atoms with Gasteiger partial charge in [0.15, 0.2) is 0 Å². The molecule has 0 fully saturated rings. The second-order valence-corrected chi connectivity index (χ2v) is 18.2. The van der Waals surface area contributed by atoms with Crippen LogP contribution in [0.1, 0.15) is 82.3 Å². The van der Waals surface area contributed by atoms with E-state index >= 15 is 0 Å². The quantitative estimate of drug-likeness (QED) is 0.0574. The molecule has 0 bridgehead atoms. The van der Waals surface area contributed by atoms with Crippen molar-refractivity contribution in [2.45, 2.75) is 89.8 Å². The number of aromatic nitrogens is 3. The largest absolute Gasteiger partial charge is 0.392 e. The number of hydrogen-bond acceptors (Lipinski definition) is 10. The maximum Gasteiger partial charge on any atom is 0.239 e. The van der Waals surface area contributed by atoms with Gasteiger partial charge in [0.1, 0.15) is 11.6 Å². The van der Waals surface area contributed by atoms with Gasteiger partial charge in [-0.2, -0.15) is 0 Å². The van der Waals surface area contributed by atoms with Crippen molar-refractivity contribution >= 4 is 50.8 Å². The number of aliphatic hydroxyl groups excluding tert-OH is 4. The van der Waals surface area contributed by atoms with Crippen molar-refractivity contribution in [1.82, 2.24) is 25.2 Å². The lowest BCUT2D eigenvalue weighted by Gasteiger charge is -2.20. The van der Waals surface area contributed by atoms with Gasteiger partial charge in [-0.25, -0.2) is 31.5 Å². The predicted octanol–water partition coefficient (Wildman–Crippen LogP) is 6.35. The second-order valence-electron chi connectivity index (χ2n) is 16.2. The Kier molecular flexibility index (Phi) is 18.6. The molecule has 2 amide bonds. The first-order valence-corrected chi connectivity index (χ1v) is 23.0. The number of amides is 2. The molecular weight excluding hydrogens is 859 g/mol. The van der Waals surface area contributed by atoms with E-state index in [1.165, 1.54) is 63.6 Å². The zero-order valence-corrected chi connectivity index (χ0v) is 38.7. The van der Waals surface area contributed by atoms with Gasteiger partial charge >= 0.3 is 0 Å². The van der Waals surface area contributed by atoms with Crippen molar-refractivity contribution in [2.75, 3.05) is 31.7 Å².